The van der Waals surface area contributed by atoms with Gasteiger partial charge in [0.25, 0.3) is 0 Å². The van der Waals surface area contributed by atoms with E-state index in [0.29, 0.717) is 28.6 Å². The summed E-state index contributed by atoms with van der Waals surface area (Å²) in [5.74, 6) is -0.0950. The molecule has 0 bridgehead atoms. The van der Waals surface area contributed by atoms with E-state index in [0.717, 1.165) is 20.5 Å². The maximum Gasteiger partial charge on any atom is 0.224 e. The van der Waals surface area contributed by atoms with Gasteiger partial charge in [-0.3, -0.25) is 4.79 Å². The number of aryl methyl sites for hydroxylation is 2. The van der Waals surface area contributed by atoms with E-state index in [1.54, 1.807) is 40.9 Å². The number of carbonyl (C=O) groups excluding carboxylic acids is 1. The fourth-order valence-electron chi connectivity index (χ4n) is 2.28. The standard InChI is InChI=1S/C17H14Cl2N2OS2/c1-10-20-17(14-3-2-8-23-14)15(24-10)6-7-16(22)21-13-9-11(18)4-5-12(13)19/h2-5,8-9H,6-7H2,1H3,(H,21,22). The normalized spacial score (nSPS) is 10.8. The number of carbonyl (C=O) groups is 1. The molecule has 0 saturated carbocycles. The molecule has 0 aliphatic rings. The Hall–Kier alpha value is -1.40. The molecule has 124 valence electrons. The molecule has 3 aromatic rings. The number of thiophene rings is 1. The van der Waals surface area contributed by atoms with Crippen LogP contribution in [-0.2, 0) is 11.2 Å². The molecule has 0 fully saturated rings. The van der Waals surface area contributed by atoms with Crippen LogP contribution in [0, 0.1) is 6.92 Å². The zero-order valence-electron chi connectivity index (χ0n) is 12.8. The van der Waals surface area contributed by atoms with E-state index in [1.807, 2.05) is 18.4 Å². The fraction of sp³-hybridized carbons (Fsp3) is 0.176. The molecule has 3 rings (SSSR count). The summed E-state index contributed by atoms with van der Waals surface area (Å²) in [6.07, 6.45) is 1.01. The molecule has 0 aliphatic heterocycles. The lowest BCUT2D eigenvalue weighted by Gasteiger charge is -2.07. The Morgan fingerprint density at radius 2 is 2.12 bits per heavy atom. The second-order valence-electron chi connectivity index (χ2n) is 5.15. The van der Waals surface area contributed by atoms with Crippen LogP contribution in [0.3, 0.4) is 0 Å². The highest BCUT2D eigenvalue weighted by Crippen LogP contribution is 2.32. The summed E-state index contributed by atoms with van der Waals surface area (Å²) in [5.41, 5.74) is 1.52. The summed E-state index contributed by atoms with van der Waals surface area (Å²) in [7, 11) is 0. The molecule has 0 spiro atoms. The highest BCUT2D eigenvalue weighted by Gasteiger charge is 2.14. The number of hydrogen-bond donors (Lipinski definition) is 1. The van der Waals surface area contributed by atoms with Gasteiger partial charge >= 0.3 is 0 Å². The van der Waals surface area contributed by atoms with Gasteiger partial charge in [0.1, 0.15) is 0 Å². The van der Waals surface area contributed by atoms with Crippen molar-refractivity contribution in [1.29, 1.82) is 0 Å². The van der Waals surface area contributed by atoms with Crippen LogP contribution < -0.4 is 5.32 Å². The van der Waals surface area contributed by atoms with Crippen molar-refractivity contribution < 1.29 is 4.79 Å². The Kier molecular flexibility index (Phi) is 5.56. The number of hydrogen-bond acceptors (Lipinski definition) is 4. The molecule has 0 radical (unpaired) electrons. The van der Waals surface area contributed by atoms with Crippen molar-refractivity contribution in [2.24, 2.45) is 0 Å². The van der Waals surface area contributed by atoms with Crippen LogP contribution in [0.2, 0.25) is 10.0 Å². The molecular weight excluding hydrogens is 383 g/mol. The first-order valence-corrected chi connectivity index (χ1v) is 9.73. The van der Waals surface area contributed by atoms with Gasteiger partial charge in [0, 0.05) is 16.3 Å². The van der Waals surface area contributed by atoms with Crippen molar-refractivity contribution in [1.82, 2.24) is 4.98 Å². The lowest BCUT2D eigenvalue weighted by atomic mass is 10.2. The van der Waals surface area contributed by atoms with E-state index in [1.165, 1.54) is 0 Å². The van der Waals surface area contributed by atoms with Crippen molar-refractivity contribution in [3.63, 3.8) is 0 Å². The smallest absolute Gasteiger partial charge is 0.224 e. The summed E-state index contributed by atoms with van der Waals surface area (Å²) >= 11 is 15.3. The second-order valence-corrected chi connectivity index (χ2v) is 8.23. The molecule has 0 unspecified atom stereocenters. The number of halogens is 2. The number of anilines is 1. The highest BCUT2D eigenvalue weighted by atomic mass is 35.5. The number of thiazole rings is 1. The summed E-state index contributed by atoms with van der Waals surface area (Å²) in [6.45, 7) is 1.98. The predicted molar refractivity (Wildman–Crippen MR) is 104 cm³/mol. The number of nitrogens with one attached hydrogen (secondary N) is 1. The monoisotopic (exact) mass is 396 g/mol. The van der Waals surface area contributed by atoms with E-state index in [2.05, 4.69) is 16.4 Å². The predicted octanol–water partition coefficient (Wildman–Crippen LogP) is 6.06. The third-order valence-corrected chi connectivity index (χ3v) is 5.81. The van der Waals surface area contributed by atoms with Crippen LogP contribution in [0.25, 0.3) is 10.6 Å². The van der Waals surface area contributed by atoms with Gasteiger partial charge < -0.3 is 5.32 Å². The molecule has 2 heterocycles. The van der Waals surface area contributed by atoms with Crippen molar-refractivity contribution in [3.8, 4) is 10.6 Å². The van der Waals surface area contributed by atoms with E-state index in [9.17, 15) is 4.79 Å². The van der Waals surface area contributed by atoms with E-state index < -0.39 is 0 Å². The minimum absolute atomic E-state index is 0.0950. The molecule has 24 heavy (non-hydrogen) atoms. The maximum atomic E-state index is 12.2. The molecule has 2 aromatic heterocycles. The molecule has 1 amide bonds. The molecule has 0 aliphatic carbocycles. The van der Waals surface area contributed by atoms with Gasteiger partial charge in [0.15, 0.2) is 0 Å². The summed E-state index contributed by atoms with van der Waals surface area (Å²) in [6, 6.07) is 9.06. The number of rotatable bonds is 5. The van der Waals surface area contributed by atoms with Gasteiger partial charge in [-0.05, 0) is 43.0 Å². The van der Waals surface area contributed by atoms with Crippen LogP contribution in [0.4, 0.5) is 5.69 Å². The number of benzene rings is 1. The number of aromatic nitrogens is 1. The van der Waals surface area contributed by atoms with Crippen molar-refractivity contribution in [2.45, 2.75) is 19.8 Å². The maximum absolute atomic E-state index is 12.2. The van der Waals surface area contributed by atoms with Crippen LogP contribution in [0.15, 0.2) is 35.7 Å². The molecule has 0 saturated heterocycles. The average molecular weight is 397 g/mol. The van der Waals surface area contributed by atoms with Crippen LogP contribution in [0.1, 0.15) is 16.3 Å². The molecule has 7 heteroatoms. The van der Waals surface area contributed by atoms with Crippen molar-refractivity contribution in [3.05, 3.63) is 55.6 Å². The Morgan fingerprint density at radius 1 is 1.29 bits per heavy atom. The molecule has 1 N–H and O–H groups in total. The van der Waals surface area contributed by atoms with Gasteiger partial charge in [-0.2, -0.15) is 0 Å². The summed E-state index contributed by atoms with van der Waals surface area (Å²) in [4.78, 5) is 19.1. The first-order valence-electron chi connectivity index (χ1n) is 7.28. The fourth-order valence-corrected chi connectivity index (χ4v) is 4.37. The Morgan fingerprint density at radius 3 is 2.88 bits per heavy atom. The van der Waals surface area contributed by atoms with Gasteiger partial charge in [0.2, 0.25) is 5.91 Å². The van der Waals surface area contributed by atoms with Crippen LogP contribution in [0.5, 0.6) is 0 Å². The minimum Gasteiger partial charge on any atom is -0.325 e. The third kappa shape index (κ3) is 4.16. The van der Waals surface area contributed by atoms with Gasteiger partial charge in [-0.1, -0.05) is 29.3 Å². The number of amides is 1. The number of nitrogens with zero attached hydrogens (tertiary/aromatic N) is 1. The van der Waals surface area contributed by atoms with Gasteiger partial charge in [0.05, 0.1) is 26.3 Å². The van der Waals surface area contributed by atoms with Crippen LogP contribution in [-0.4, -0.2) is 10.9 Å². The van der Waals surface area contributed by atoms with E-state index in [4.69, 9.17) is 23.2 Å². The van der Waals surface area contributed by atoms with Crippen LogP contribution >= 0.6 is 45.9 Å². The highest BCUT2D eigenvalue weighted by molar-refractivity contribution is 7.15. The lowest BCUT2D eigenvalue weighted by Crippen LogP contribution is -2.12. The SMILES string of the molecule is Cc1nc(-c2cccs2)c(CCC(=O)Nc2cc(Cl)ccc2Cl)s1. The molecule has 0 atom stereocenters. The lowest BCUT2D eigenvalue weighted by molar-refractivity contribution is -0.116. The van der Waals surface area contributed by atoms with Gasteiger partial charge in [-0.15, -0.1) is 22.7 Å². The Balaban J connectivity index is 1.68. The third-order valence-electron chi connectivity index (χ3n) is 3.34. The summed E-state index contributed by atoms with van der Waals surface area (Å²) in [5, 5.41) is 6.86. The minimum atomic E-state index is -0.0950. The van der Waals surface area contributed by atoms with Gasteiger partial charge in [-0.25, -0.2) is 4.98 Å². The van der Waals surface area contributed by atoms with Crippen molar-refractivity contribution in [2.75, 3.05) is 5.32 Å². The molecular formula is C17H14Cl2N2OS2. The molecule has 1 aromatic carbocycles. The van der Waals surface area contributed by atoms with Crippen molar-refractivity contribution >= 4 is 57.5 Å². The second kappa shape index (κ2) is 7.66. The van der Waals surface area contributed by atoms with E-state index in [-0.39, 0.29) is 5.91 Å². The quantitative estimate of drug-likeness (QED) is 0.569. The average Bonchev–Trinajstić information content (AvgIpc) is 3.18. The first kappa shape index (κ1) is 17.4. The molecule has 3 nitrogen and oxygen atoms in total. The largest absolute Gasteiger partial charge is 0.325 e. The zero-order valence-corrected chi connectivity index (χ0v) is 16.0. The van der Waals surface area contributed by atoms with E-state index >= 15 is 0 Å². The summed E-state index contributed by atoms with van der Waals surface area (Å²) < 4.78 is 0. The zero-order chi connectivity index (χ0) is 17.1. The topological polar surface area (TPSA) is 42.0 Å². The Labute approximate surface area is 158 Å². The Bertz CT molecular complexity index is 860. The first-order chi connectivity index (χ1) is 11.5.